The normalized spacial score (nSPS) is 17.1. The van der Waals surface area contributed by atoms with Gasteiger partial charge in [-0.05, 0) is 85.3 Å². The molecular weight excluding hydrogens is 545 g/mol. The smallest absolute Gasteiger partial charge is 0.161 e. The summed E-state index contributed by atoms with van der Waals surface area (Å²) in [5, 5.41) is 11.1. The molecule has 8 heteroatoms. The molecule has 204 valence electrons. The van der Waals surface area contributed by atoms with Crippen LogP contribution in [0, 0.1) is 25.2 Å². The van der Waals surface area contributed by atoms with Gasteiger partial charge >= 0.3 is 0 Å². The minimum Gasteiger partial charge on any atom is -0.497 e. The van der Waals surface area contributed by atoms with Crippen molar-refractivity contribution in [1.29, 1.82) is 5.26 Å². The largest absolute Gasteiger partial charge is 0.497 e. The van der Waals surface area contributed by atoms with E-state index in [1.54, 1.807) is 30.2 Å². The SMILES string of the molecule is COc1ccc(OCc2cc(C3C(C#N)=C(N)N(c4cccc(Cl)c4Cl)C4=C3C(=O)CCC4)c(C)cc2C)cc1. The van der Waals surface area contributed by atoms with Crippen molar-refractivity contribution in [3.05, 3.63) is 110 Å². The summed E-state index contributed by atoms with van der Waals surface area (Å²) >= 11 is 12.9. The molecule has 1 aliphatic heterocycles. The van der Waals surface area contributed by atoms with Crippen LogP contribution in [0.25, 0.3) is 0 Å². The Hall–Kier alpha value is -3.92. The maximum absolute atomic E-state index is 13.6. The summed E-state index contributed by atoms with van der Waals surface area (Å²) in [6, 6.07) is 19.1. The lowest BCUT2D eigenvalue weighted by Gasteiger charge is -2.40. The molecule has 5 rings (SSSR count). The molecule has 3 aromatic carbocycles. The maximum atomic E-state index is 13.6. The average Bonchev–Trinajstić information content (AvgIpc) is 2.94. The molecule has 2 aliphatic rings. The van der Waals surface area contributed by atoms with Gasteiger partial charge in [-0.3, -0.25) is 9.69 Å². The summed E-state index contributed by atoms with van der Waals surface area (Å²) < 4.78 is 11.3. The highest BCUT2D eigenvalue weighted by atomic mass is 35.5. The second kappa shape index (κ2) is 11.3. The van der Waals surface area contributed by atoms with E-state index in [1.807, 2.05) is 44.2 Å². The molecule has 1 aliphatic carbocycles. The van der Waals surface area contributed by atoms with Crippen LogP contribution >= 0.6 is 23.2 Å². The first-order chi connectivity index (χ1) is 19.2. The first kappa shape index (κ1) is 27.6. The number of rotatable bonds is 6. The van der Waals surface area contributed by atoms with Gasteiger partial charge in [0.1, 0.15) is 23.9 Å². The van der Waals surface area contributed by atoms with Crippen LogP contribution in [0.4, 0.5) is 5.69 Å². The van der Waals surface area contributed by atoms with Crippen LogP contribution in [0.5, 0.6) is 11.5 Å². The number of nitriles is 1. The van der Waals surface area contributed by atoms with Gasteiger partial charge in [0.2, 0.25) is 0 Å². The molecule has 1 heterocycles. The summed E-state index contributed by atoms with van der Waals surface area (Å²) in [6.45, 7) is 4.35. The average molecular weight is 575 g/mol. The van der Waals surface area contributed by atoms with E-state index in [1.165, 1.54) is 0 Å². The second-order valence-electron chi connectivity index (χ2n) is 9.99. The summed E-state index contributed by atoms with van der Waals surface area (Å²) in [4.78, 5) is 15.3. The first-order valence-corrected chi connectivity index (χ1v) is 13.8. The molecule has 6 nitrogen and oxygen atoms in total. The van der Waals surface area contributed by atoms with E-state index >= 15 is 0 Å². The summed E-state index contributed by atoms with van der Waals surface area (Å²) in [5.41, 5.74) is 12.8. The van der Waals surface area contributed by atoms with E-state index in [0.29, 0.717) is 58.5 Å². The zero-order chi connectivity index (χ0) is 28.6. The number of methoxy groups -OCH3 is 1. The van der Waals surface area contributed by atoms with Crippen molar-refractivity contribution in [2.75, 3.05) is 12.0 Å². The summed E-state index contributed by atoms with van der Waals surface area (Å²) in [7, 11) is 1.62. The van der Waals surface area contributed by atoms with E-state index in [-0.39, 0.29) is 11.6 Å². The monoisotopic (exact) mass is 573 g/mol. The number of nitrogens with zero attached hydrogens (tertiary/aromatic N) is 2. The van der Waals surface area contributed by atoms with Gasteiger partial charge in [0.15, 0.2) is 5.78 Å². The third-order valence-electron chi connectivity index (χ3n) is 7.57. The van der Waals surface area contributed by atoms with Crippen molar-refractivity contribution in [3.63, 3.8) is 0 Å². The zero-order valence-corrected chi connectivity index (χ0v) is 24.1. The number of hydrogen-bond donors (Lipinski definition) is 1. The van der Waals surface area contributed by atoms with E-state index in [2.05, 4.69) is 12.1 Å². The lowest BCUT2D eigenvalue weighted by molar-refractivity contribution is -0.116. The molecule has 0 saturated carbocycles. The molecular formula is C32H29Cl2N3O3. The van der Waals surface area contributed by atoms with Gasteiger partial charge in [-0.2, -0.15) is 5.26 Å². The number of anilines is 1. The maximum Gasteiger partial charge on any atom is 0.161 e. The molecule has 1 atom stereocenters. The standard InChI is InChI=1S/C32H29Cl2N3O3/c1-18-14-19(2)23(15-20(18)17-40-22-12-10-21(39-3)11-13-22)29-24(16-35)32(36)37(26-7-5-9-28(38)30(26)29)27-8-4-6-25(33)31(27)34/h4,6,8,10-15,29H,5,7,9,17,36H2,1-3H3. The van der Waals surface area contributed by atoms with E-state index < -0.39 is 5.92 Å². The first-order valence-electron chi connectivity index (χ1n) is 13.0. The molecule has 0 aromatic heterocycles. The minimum absolute atomic E-state index is 0.00524. The number of ketones is 1. The molecule has 40 heavy (non-hydrogen) atoms. The van der Waals surface area contributed by atoms with Gasteiger partial charge < -0.3 is 15.2 Å². The van der Waals surface area contributed by atoms with Crippen LogP contribution in [0.1, 0.15) is 47.4 Å². The molecule has 2 N–H and O–H groups in total. The van der Waals surface area contributed by atoms with Crippen molar-refractivity contribution in [2.45, 2.75) is 45.6 Å². The second-order valence-corrected chi connectivity index (χ2v) is 10.8. The van der Waals surface area contributed by atoms with Crippen LogP contribution in [0.3, 0.4) is 0 Å². The van der Waals surface area contributed by atoms with Crippen LogP contribution in [-0.2, 0) is 11.4 Å². The number of ether oxygens (including phenoxy) is 2. The number of hydrogen-bond acceptors (Lipinski definition) is 6. The molecule has 0 amide bonds. The van der Waals surface area contributed by atoms with Gasteiger partial charge in [0.25, 0.3) is 0 Å². The van der Waals surface area contributed by atoms with Crippen LogP contribution in [-0.4, -0.2) is 12.9 Å². The Balaban J connectivity index is 1.61. The number of benzene rings is 3. The van der Waals surface area contributed by atoms with Gasteiger partial charge in [-0.1, -0.05) is 41.4 Å². The molecule has 3 aromatic rings. The predicted octanol–water partition coefficient (Wildman–Crippen LogP) is 7.50. The predicted molar refractivity (Wildman–Crippen MR) is 158 cm³/mol. The van der Waals surface area contributed by atoms with Gasteiger partial charge in [0, 0.05) is 17.7 Å². The zero-order valence-electron chi connectivity index (χ0n) is 22.6. The fraction of sp³-hybridized carbons (Fsp3) is 0.250. The van der Waals surface area contributed by atoms with Crippen molar-refractivity contribution < 1.29 is 14.3 Å². The van der Waals surface area contributed by atoms with Crippen LogP contribution < -0.4 is 20.1 Å². The Kier molecular flexibility index (Phi) is 7.80. The highest BCUT2D eigenvalue weighted by molar-refractivity contribution is 6.43. The van der Waals surface area contributed by atoms with Gasteiger partial charge in [0.05, 0.1) is 40.4 Å². The Morgan fingerprint density at radius 1 is 1.05 bits per heavy atom. The Labute approximate surface area is 244 Å². The molecule has 0 bridgehead atoms. The van der Waals surface area contributed by atoms with Crippen molar-refractivity contribution in [3.8, 4) is 17.6 Å². The van der Waals surface area contributed by atoms with Crippen molar-refractivity contribution >= 4 is 34.7 Å². The number of halogens is 2. The molecule has 0 spiro atoms. The van der Waals surface area contributed by atoms with Crippen molar-refractivity contribution in [1.82, 2.24) is 0 Å². The molecule has 1 unspecified atom stereocenters. The van der Waals surface area contributed by atoms with Crippen LogP contribution in [0.15, 0.2) is 77.3 Å². The lowest BCUT2D eigenvalue weighted by Crippen LogP contribution is -2.39. The highest BCUT2D eigenvalue weighted by Gasteiger charge is 2.41. The topological polar surface area (TPSA) is 88.6 Å². The number of allylic oxidation sites excluding steroid dienone is 3. The fourth-order valence-corrected chi connectivity index (χ4v) is 5.93. The Morgan fingerprint density at radius 3 is 2.48 bits per heavy atom. The van der Waals surface area contributed by atoms with Crippen LogP contribution in [0.2, 0.25) is 10.0 Å². The highest BCUT2D eigenvalue weighted by Crippen LogP contribution is 2.49. The number of carbonyl (C=O) groups excluding carboxylic acids is 1. The van der Waals surface area contributed by atoms with Gasteiger partial charge in [-0.15, -0.1) is 0 Å². The lowest BCUT2D eigenvalue weighted by atomic mass is 9.74. The molecule has 0 saturated heterocycles. The molecule has 0 fully saturated rings. The quantitative estimate of drug-likeness (QED) is 0.328. The molecule has 0 radical (unpaired) electrons. The fourth-order valence-electron chi connectivity index (χ4n) is 5.55. The number of aryl methyl sites for hydroxylation is 2. The Bertz CT molecular complexity index is 1600. The van der Waals surface area contributed by atoms with Gasteiger partial charge in [-0.25, -0.2) is 0 Å². The minimum atomic E-state index is -0.595. The number of carbonyl (C=O) groups is 1. The summed E-state index contributed by atoms with van der Waals surface area (Å²) in [5.74, 6) is 1.12. The van der Waals surface area contributed by atoms with E-state index in [0.717, 1.165) is 33.7 Å². The number of nitrogens with two attached hydrogens (primary N) is 1. The van der Waals surface area contributed by atoms with E-state index in [9.17, 15) is 10.1 Å². The summed E-state index contributed by atoms with van der Waals surface area (Å²) in [6.07, 6.45) is 1.71. The number of Topliss-reactive ketones (excluding diaryl/α,β-unsaturated/α-hetero) is 1. The van der Waals surface area contributed by atoms with E-state index in [4.69, 9.17) is 38.4 Å². The third-order valence-corrected chi connectivity index (χ3v) is 8.38. The third kappa shape index (κ3) is 4.92. The Morgan fingerprint density at radius 2 is 1.77 bits per heavy atom. The van der Waals surface area contributed by atoms with Crippen molar-refractivity contribution in [2.24, 2.45) is 5.73 Å².